The van der Waals surface area contributed by atoms with E-state index in [0.717, 1.165) is 0 Å². The molecule has 0 fully saturated rings. The standard InChI is InChI=1S/C15H13FO2/c1-2-18-15(17)14-9-4-3-8-13(14)11-6-5-7-12(16)10-11/h3-10H,2H2,1H3. The second kappa shape index (κ2) is 5.45. The molecule has 0 aromatic heterocycles. The van der Waals surface area contributed by atoms with Gasteiger partial charge in [0, 0.05) is 0 Å². The molecule has 0 N–H and O–H groups in total. The number of hydrogen-bond donors (Lipinski definition) is 0. The Balaban J connectivity index is 2.48. The fraction of sp³-hybridized carbons (Fsp3) is 0.133. The largest absolute Gasteiger partial charge is 0.462 e. The van der Waals surface area contributed by atoms with E-state index >= 15 is 0 Å². The van der Waals surface area contributed by atoms with Crippen LogP contribution in [0.25, 0.3) is 11.1 Å². The maximum atomic E-state index is 13.2. The molecule has 2 rings (SSSR count). The van der Waals surface area contributed by atoms with Crippen molar-refractivity contribution in [3.8, 4) is 11.1 Å². The van der Waals surface area contributed by atoms with E-state index in [-0.39, 0.29) is 5.82 Å². The van der Waals surface area contributed by atoms with Gasteiger partial charge in [-0.05, 0) is 36.2 Å². The number of carbonyl (C=O) groups excluding carboxylic acids is 1. The number of ether oxygens (including phenoxy) is 1. The maximum absolute atomic E-state index is 13.2. The van der Waals surface area contributed by atoms with E-state index in [1.54, 1.807) is 37.3 Å². The minimum Gasteiger partial charge on any atom is -0.462 e. The zero-order chi connectivity index (χ0) is 13.0. The van der Waals surface area contributed by atoms with Crippen molar-refractivity contribution in [3.63, 3.8) is 0 Å². The number of esters is 1. The van der Waals surface area contributed by atoms with Gasteiger partial charge in [-0.3, -0.25) is 0 Å². The van der Waals surface area contributed by atoms with Crippen LogP contribution in [0.5, 0.6) is 0 Å². The summed E-state index contributed by atoms with van der Waals surface area (Å²) in [6.07, 6.45) is 0. The van der Waals surface area contributed by atoms with Gasteiger partial charge in [0.15, 0.2) is 0 Å². The lowest BCUT2D eigenvalue weighted by Gasteiger charge is -2.08. The zero-order valence-corrected chi connectivity index (χ0v) is 10.0. The van der Waals surface area contributed by atoms with E-state index < -0.39 is 5.97 Å². The van der Waals surface area contributed by atoms with Crippen LogP contribution in [0.1, 0.15) is 17.3 Å². The van der Waals surface area contributed by atoms with E-state index in [1.807, 2.05) is 6.07 Å². The summed E-state index contributed by atoms with van der Waals surface area (Å²) in [5.41, 5.74) is 1.79. The third kappa shape index (κ3) is 2.56. The predicted octanol–water partition coefficient (Wildman–Crippen LogP) is 3.67. The summed E-state index contributed by atoms with van der Waals surface area (Å²) in [6, 6.07) is 13.2. The van der Waals surface area contributed by atoms with E-state index in [9.17, 15) is 9.18 Å². The monoisotopic (exact) mass is 244 g/mol. The minimum absolute atomic E-state index is 0.316. The third-order valence-electron chi connectivity index (χ3n) is 2.56. The average Bonchev–Trinajstić information content (AvgIpc) is 2.39. The molecule has 0 heterocycles. The topological polar surface area (TPSA) is 26.3 Å². The normalized spacial score (nSPS) is 10.1. The fourth-order valence-corrected chi connectivity index (χ4v) is 1.78. The van der Waals surface area contributed by atoms with Gasteiger partial charge in [0.25, 0.3) is 0 Å². The van der Waals surface area contributed by atoms with Crippen molar-refractivity contribution >= 4 is 5.97 Å². The van der Waals surface area contributed by atoms with Gasteiger partial charge in [-0.15, -0.1) is 0 Å². The first-order chi connectivity index (χ1) is 8.72. The molecule has 0 radical (unpaired) electrons. The lowest BCUT2D eigenvalue weighted by Crippen LogP contribution is -2.06. The molecule has 0 saturated carbocycles. The Morgan fingerprint density at radius 1 is 1.17 bits per heavy atom. The molecule has 2 nitrogen and oxygen atoms in total. The van der Waals surface area contributed by atoms with Crippen LogP contribution in [-0.2, 0) is 4.74 Å². The van der Waals surface area contributed by atoms with E-state index in [1.165, 1.54) is 12.1 Å². The molecular weight excluding hydrogens is 231 g/mol. The smallest absolute Gasteiger partial charge is 0.338 e. The molecule has 0 aliphatic rings. The summed E-state index contributed by atoms with van der Waals surface area (Å²) in [4.78, 5) is 11.8. The van der Waals surface area contributed by atoms with Crippen molar-refractivity contribution < 1.29 is 13.9 Å². The van der Waals surface area contributed by atoms with Gasteiger partial charge < -0.3 is 4.74 Å². The van der Waals surface area contributed by atoms with E-state index in [2.05, 4.69) is 0 Å². The lowest BCUT2D eigenvalue weighted by atomic mass is 10.00. The zero-order valence-electron chi connectivity index (χ0n) is 10.0. The highest BCUT2D eigenvalue weighted by Crippen LogP contribution is 2.24. The fourth-order valence-electron chi connectivity index (χ4n) is 1.78. The summed E-state index contributed by atoms with van der Waals surface area (Å²) >= 11 is 0. The molecular formula is C15H13FO2. The molecule has 3 heteroatoms. The second-order valence-corrected chi connectivity index (χ2v) is 3.78. The van der Waals surface area contributed by atoms with Crippen molar-refractivity contribution in [2.75, 3.05) is 6.61 Å². The van der Waals surface area contributed by atoms with E-state index in [4.69, 9.17) is 4.74 Å². The Morgan fingerprint density at radius 2 is 1.94 bits per heavy atom. The Bertz CT molecular complexity index is 564. The number of rotatable bonds is 3. The van der Waals surface area contributed by atoms with Crippen LogP contribution in [0.15, 0.2) is 48.5 Å². The van der Waals surface area contributed by atoms with Gasteiger partial charge in [-0.2, -0.15) is 0 Å². The molecule has 0 aliphatic heterocycles. The molecule has 0 bridgehead atoms. The SMILES string of the molecule is CCOC(=O)c1ccccc1-c1cccc(F)c1. The quantitative estimate of drug-likeness (QED) is 0.770. The highest BCUT2D eigenvalue weighted by molar-refractivity contribution is 5.97. The summed E-state index contributed by atoms with van der Waals surface area (Å²) in [5.74, 6) is -0.719. The van der Waals surface area contributed by atoms with Crippen molar-refractivity contribution in [3.05, 3.63) is 59.9 Å². The first-order valence-corrected chi connectivity index (χ1v) is 5.74. The first-order valence-electron chi connectivity index (χ1n) is 5.74. The lowest BCUT2D eigenvalue weighted by molar-refractivity contribution is 0.0527. The molecule has 0 saturated heterocycles. The van der Waals surface area contributed by atoms with Crippen molar-refractivity contribution in [2.45, 2.75) is 6.92 Å². The second-order valence-electron chi connectivity index (χ2n) is 3.78. The van der Waals surface area contributed by atoms with Crippen molar-refractivity contribution in [2.24, 2.45) is 0 Å². The average molecular weight is 244 g/mol. The molecule has 0 amide bonds. The Hall–Kier alpha value is -2.16. The van der Waals surface area contributed by atoms with Crippen LogP contribution in [0.4, 0.5) is 4.39 Å². The number of hydrogen-bond acceptors (Lipinski definition) is 2. The molecule has 2 aromatic rings. The minimum atomic E-state index is -0.391. The van der Waals surface area contributed by atoms with Crippen LogP contribution < -0.4 is 0 Å². The number of halogens is 1. The highest BCUT2D eigenvalue weighted by Gasteiger charge is 2.13. The van der Waals surface area contributed by atoms with Crippen LogP contribution in [-0.4, -0.2) is 12.6 Å². The van der Waals surface area contributed by atoms with Gasteiger partial charge in [0.1, 0.15) is 5.82 Å². The van der Waals surface area contributed by atoms with Gasteiger partial charge in [0.2, 0.25) is 0 Å². The summed E-state index contributed by atoms with van der Waals surface area (Å²) in [5, 5.41) is 0. The Morgan fingerprint density at radius 3 is 2.67 bits per heavy atom. The molecule has 0 aliphatic carbocycles. The van der Waals surface area contributed by atoms with Crippen molar-refractivity contribution in [1.29, 1.82) is 0 Å². The molecule has 92 valence electrons. The molecule has 0 atom stereocenters. The van der Waals surface area contributed by atoms with Gasteiger partial charge in [-0.1, -0.05) is 30.3 Å². The molecule has 2 aromatic carbocycles. The molecule has 18 heavy (non-hydrogen) atoms. The Kier molecular flexibility index (Phi) is 3.72. The van der Waals surface area contributed by atoms with Crippen LogP contribution >= 0.6 is 0 Å². The first kappa shape index (κ1) is 12.3. The molecule has 0 spiro atoms. The van der Waals surface area contributed by atoms with Gasteiger partial charge >= 0.3 is 5.97 Å². The predicted molar refractivity (Wildman–Crippen MR) is 67.8 cm³/mol. The van der Waals surface area contributed by atoms with Crippen LogP contribution in [0.3, 0.4) is 0 Å². The van der Waals surface area contributed by atoms with Crippen molar-refractivity contribution in [1.82, 2.24) is 0 Å². The summed E-state index contributed by atoms with van der Waals surface area (Å²) in [6.45, 7) is 2.07. The van der Waals surface area contributed by atoms with Gasteiger partial charge in [0.05, 0.1) is 12.2 Å². The Labute approximate surface area is 105 Å². The number of benzene rings is 2. The maximum Gasteiger partial charge on any atom is 0.338 e. The van der Waals surface area contributed by atoms with Crippen LogP contribution in [0, 0.1) is 5.82 Å². The highest BCUT2D eigenvalue weighted by atomic mass is 19.1. The summed E-state index contributed by atoms with van der Waals surface area (Å²) in [7, 11) is 0. The van der Waals surface area contributed by atoms with E-state index in [0.29, 0.717) is 23.3 Å². The molecule has 0 unspecified atom stereocenters. The summed E-state index contributed by atoms with van der Waals surface area (Å²) < 4.78 is 18.2. The number of carbonyl (C=O) groups is 1. The van der Waals surface area contributed by atoms with Gasteiger partial charge in [-0.25, -0.2) is 9.18 Å². The van der Waals surface area contributed by atoms with Crippen LogP contribution in [0.2, 0.25) is 0 Å². The third-order valence-corrected chi connectivity index (χ3v) is 2.56.